The zero-order valence-electron chi connectivity index (χ0n) is 11.1. The van der Waals surface area contributed by atoms with Gasteiger partial charge in [-0.2, -0.15) is 0 Å². The lowest BCUT2D eigenvalue weighted by atomic mass is 10.2. The highest BCUT2D eigenvalue weighted by Crippen LogP contribution is 2.14. The highest BCUT2D eigenvalue weighted by atomic mass is 15.2. The number of nitrogens with zero attached hydrogens (tertiary/aromatic N) is 3. The summed E-state index contributed by atoms with van der Waals surface area (Å²) in [5.74, 6) is 2.36. The molecular formula is C12H23N5. The quantitative estimate of drug-likeness (QED) is 0.781. The van der Waals surface area contributed by atoms with Gasteiger partial charge in [-0.3, -0.25) is 0 Å². The van der Waals surface area contributed by atoms with Crippen LogP contribution in [0.5, 0.6) is 0 Å². The minimum Gasteiger partial charge on any atom is -0.366 e. The van der Waals surface area contributed by atoms with E-state index in [0.29, 0.717) is 12.5 Å². The third-order valence-corrected chi connectivity index (χ3v) is 2.43. The van der Waals surface area contributed by atoms with Gasteiger partial charge in [0, 0.05) is 32.2 Å². The van der Waals surface area contributed by atoms with Crippen molar-refractivity contribution in [3.05, 3.63) is 12.4 Å². The van der Waals surface area contributed by atoms with Gasteiger partial charge in [0.15, 0.2) is 0 Å². The van der Waals surface area contributed by atoms with Crippen molar-refractivity contribution >= 4 is 11.6 Å². The molecule has 0 saturated carbocycles. The number of hydrogen-bond acceptors (Lipinski definition) is 5. The van der Waals surface area contributed by atoms with E-state index in [4.69, 9.17) is 5.73 Å². The summed E-state index contributed by atoms with van der Waals surface area (Å²) in [6, 6.07) is 2.17. The second-order valence-electron chi connectivity index (χ2n) is 4.82. The molecule has 1 aromatic rings. The molecule has 1 atom stereocenters. The number of aromatic nitrogens is 2. The van der Waals surface area contributed by atoms with Gasteiger partial charge in [0.1, 0.15) is 18.0 Å². The summed E-state index contributed by atoms with van der Waals surface area (Å²) < 4.78 is 0. The van der Waals surface area contributed by atoms with Crippen molar-refractivity contribution in [3.63, 3.8) is 0 Å². The Bertz CT molecular complexity index is 339. The van der Waals surface area contributed by atoms with Crippen LogP contribution in [-0.4, -0.2) is 36.1 Å². The Labute approximate surface area is 103 Å². The fraction of sp³-hybridized carbons (Fsp3) is 0.667. The molecule has 0 saturated heterocycles. The van der Waals surface area contributed by atoms with Crippen molar-refractivity contribution in [1.29, 1.82) is 0 Å². The fourth-order valence-corrected chi connectivity index (χ4v) is 1.59. The third kappa shape index (κ3) is 4.56. The zero-order valence-corrected chi connectivity index (χ0v) is 11.1. The Morgan fingerprint density at radius 2 is 2.06 bits per heavy atom. The van der Waals surface area contributed by atoms with Gasteiger partial charge < -0.3 is 16.0 Å². The van der Waals surface area contributed by atoms with Crippen molar-refractivity contribution in [2.24, 2.45) is 11.7 Å². The first kappa shape index (κ1) is 13.7. The van der Waals surface area contributed by atoms with Gasteiger partial charge >= 0.3 is 0 Å². The van der Waals surface area contributed by atoms with E-state index in [2.05, 4.69) is 34.0 Å². The van der Waals surface area contributed by atoms with Crippen LogP contribution < -0.4 is 16.0 Å². The molecule has 1 rings (SSSR count). The first-order chi connectivity index (χ1) is 8.02. The summed E-state index contributed by atoms with van der Waals surface area (Å²) in [6.07, 6.45) is 1.58. The van der Waals surface area contributed by atoms with Gasteiger partial charge in [0.2, 0.25) is 0 Å². The molecule has 5 nitrogen and oxygen atoms in total. The fourth-order valence-electron chi connectivity index (χ4n) is 1.59. The molecule has 17 heavy (non-hydrogen) atoms. The van der Waals surface area contributed by atoms with Crippen LogP contribution in [0.4, 0.5) is 11.6 Å². The summed E-state index contributed by atoms with van der Waals surface area (Å²) in [6.45, 7) is 7.96. The van der Waals surface area contributed by atoms with Gasteiger partial charge in [-0.15, -0.1) is 0 Å². The number of nitrogens with one attached hydrogen (secondary N) is 1. The van der Waals surface area contributed by atoms with Gasteiger partial charge in [-0.25, -0.2) is 9.97 Å². The van der Waals surface area contributed by atoms with E-state index in [1.54, 1.807) is 6.33 Å². The maximum absolute atomic E-state index is 5.57. The van der Waals surface area contributed by atoms with Crippen molar-refractivity contribution in [3.8, 4) is 0 Å². The van der Waals surface area contributed by atoms with E-state index < -0.39 is 0 Å². The molecule has 5 heteroatoms. The summed E-state index contributed by atoms with van der Waals surface area (Å²) >= 11 is 0. The predicted octanol–water partition coefficient (Wildman–Crippen LogP) is 1.33. The average molecular weight is 237 g/mol. The summed E-state index contributed by atoms with van der Waals surface area (Å²) in [5, 5.41) is 3.24. The average Bonchev–Trinajstić information content (AvgIpc) is 2.28. The lowest BCUT2D eigenvalue weighted by molar-refractivity contribution is 0.634. The SMILES string of the molecule is CC(C)CN(C)c1cc(NC(C)CN)ncn1. The second kappa shape index (κ2) is 6.39. The normalized spacial score (nSPS) is 12.6. The molecule has 0 radical (unpaired) electrons. The summed E-state index contributed by atoms with van der Waals surface area (Å²) in [7, 11) is 2.04. The van der Waals surface area contributed by atoms with Gasteiger partial charge in [-0.1, -0.05) is 13.8 Å². The largest absolute Gasteiger partial charge is 0.366 e. The molecule has 0 fully saturated rings. The molecule has 0 aliphatic carbocycles. The van der Waals surface area contributed by atoms with E-state index in [-0.39, 0.29) is 6.04 Å². The van der Waals surface area contributed by atoms with E-state index in [9.17, 15) is 0 Å². The molecular weight excluding hydrogens is 214 g/mol. The Hall–Kier alpha value is -1.36. The van der Waals surface area contributed by atoms with Crippen molar-refractivity contribution < 1.29 is 0 Å². The van der Waals surface area contributed by atoms with Crippen LogP contribution in [0.1, 0.15) is 20.8 Å². The van der Waals surface area contributed by atoms with Crippen molar-refractivity contribution in [2.45, 2.75) is 26.8 Å². The molecule has 1 aromatic heterocycles. The van der Waals surface area contributed by atoms with Gasteiger partial charge in [-0.05, 0) is 12.8 Å². The smallest absolute Gasteiger partial charge is 0.133 e. The highest BCUT2D eigenvalue weighted by molar-refractivity contribution is 5.48. The topological polar surface area (TPSA) is 67.1 Å². The molecule has 3 N–H and O–H groups in total. The number of nitrogens with two attached hydrogens (primary N) is 1. The maximum atomic E-state index is 5.57. The minimum absolute atomic E-state index is 0.216. The first-order valence-electron chi connectivity index (χ1n) is 6.02. The monoisotopic (exact) mass is 237 g/mol. The van der Waals surface area contributed by atoms with Crippen LogP contribution in [0.15, 0.2) is 12.4 Å². The van der Waals surface area contributed by atoms with Crippen molar-refractivity contribution in [2.75, 3.05) is 30.4 Å². The lowest BCUT2D eigenvalue weighted by Gasteiger charge is -2.21. The molecule has 0 aromatic carbocycles. The molecule has 0 aliphatic heterocycles. The number of hydrogen-bond donors (Lipinski definition) is 2. The standard InChI is InChI=1S/C12H23N5/c1-9(2)7-17(4)12-5-11(14-8-15-12)16-10(3)6-13/h5,8-10H,6-7,13H2,1-4H3,(H,14,15,16). The minimum atomic E-state index is 0.216. The first-order valence-corrected chi connectivity index (χ1v) is 6.02. The van der Waals surface area contributed by atoms with E-state index >= 15 is 0 Å². The van der Waals surface area contributed by atoms with Crippen molar-refractivity contribution in [1.82, 2.24) is 9.97 Å². The van der Waals surface area contributed by atoms with Crippen LogP contribution >= 0.6 is 0 Å². The second-order valence-corrected chi connectivity index (χ2v) is 4.82. The van der Waals surface area contributed by atoms with E-state index in [1.807, 2.05) is 20.0 Å². The molecule has 0 aliphatic rings. The Kier molecular flexibility index (Phi) is 5.15. The zero-order chi connectivity index (χ0) is 12.8. The van der Waals surface area contributed by atoms with Crippen LogP contribution in [0.25, 0.3) is 0 Å². The van der Waals surface area contributed by atoms with Crippen LogP contribution in [-0.2, 0) is 0 Å². The van der Waals surface area contributed by atoms with Gasteiger partial charge in [0.05, 0.1) is 0 Å². The van der Waals surface area contributed by atoms with E-state index in [0.717, 1.165) is 18.2 Å². The Morgan fingerprint density at radius 1 is 1.35 bits per heavy atom. The van der Waals surface area contributed by atoms with Crippen LogP contribution in [0.3, 0.4) is 0 Å². The third-order valence-electron chi connectivity index (χ3n) is 2.43. The maximum Gasteiger partial charge on any atom is 0.133 e. The molecule has 1 unspecified atom stereocenters. The molecule has 0 spiro atoms. The van der Waals surface area contributed by atoms with Crippen LogP contribution in [0.2, 0.25) is 0 Å². The molecule has 96 valence electrons. The number of rotatable bonds is 6. The molecule has 1 heterocycles. The Morgan fingerprint density at radius 3 is 2.65 bits per heavy atom. The van der Waals surface area contributed by atoms with Gasteiger partial charge in [0.25, 0.3) is 0 Å². The summed E-state index contributed by atoms with van der Waals surface area (Å²) in [4.78, 5) is 10.6. The molecule has 0 amide bonds. The number of anilines is 2. The Balaban J connectivity index is 2.71. The lowest BCUT2D eigenvalue weighted by Crippen LogP contribution is -2.27. The predicted molar refractivity (Wildman–Crippen MR) is 72.3 cm³/mol. The summed E-state index contributed by atoms with van der Waals surface area (Å²) in [5.41, 5.74) is 5.57. The van der Waals surface area contributed by atoms with Crippen LogP contribution in [0, 0.1) is 5.92 Å². The highest BCUT2D eigenvalue weighted by Gasteiger charge is 2.07. The van der Waals surface area contributed by atoms with E-state index in [1.165, 1.54) is 0 Å². The molecule has 0 bridgehead atoms.